The minimum absolute atomic E-state index is 0.0416. The molecule has 0 unspecified atom stereocenters. The molecule has 1 N–H and O–H groups in total. The molecular formula is C25H41NO. The lowest BCUT2D eigenvalue weighted by molar-refractivity contribution is 0.0367. The van der Waals surface area contributed by atoms with E-state index in [0.29, 0.717) is 6.04 Å². The van der Waals surface area contributed by atoms with Crippen molar-refractivity contribution in [1.82, 2.24) is 4.90 Å². The van der Waals surface area contributed by atoms with Gasteiger partial charge >= 0.3 is 0 Å². The van der Waals surface area contributed by atoms with Crippen molar-refractivity contribution in [3.8, 4) is 0 Å². The molecule has 1 aromatic carbocycles. The third kappa shape index (κ3) is 8.90. The maximum absolute atomic E-state index is 10.9. The molecule has 0 amide bonds. The Kier molecular flexibility index (Phi) is 12.8. The summed E-state index contributed by atoms with van der Waals surface area (Å²) in [5.41, 5.74) is 0.979. The van der Waals surface area contributed by atoms with E-state index in [1.165, 1.54) is 44.9 Å². The van der Waals surface area contributed by atoms with Crippen molar-refractivity contribution < 1.29 is 5.11 Å². The van der Waals surface area contributed by atoms with Crippen LogP contribution in [0.3, 0.4) is 0 Å². The van der Waals surface area contributed by atoms with Gasteiger partial charge in [-0.15, -0.1) is 13.2 Å². The largest absolute Gasteiger partial charge is 0.387 e. The van der Waals surface area contributed by atoms with Crippen LogP contribution in [-0.4, -0.2) is 28.6 Å². The number of hydrogen-bond acceptors (Lipinski definition) is 2. The molecule has 0 fully saturated rings. The van der Waals surface area contributed by atoms with E-state index in [-0.39, 0.29) is 6.04 Å². The Hall–Kier alpha value is -1.38. The lowest BCUT2D eigenvalue weighted by atomic mass is 9.96. The van der Waals surface area contributed by atoms with Gasteiger partial charge in [0.15, 0.2) is 0 Å². The molecular weight excluding hydrogens is 330 g/mol. The zero-order valence-electron chi connectivity index (χ0n) is 17.7. The summed E-state index contributed by atoms with van der Waals surface area (Å²) in [6, 6.07) is 10.4. The number of aliphatic hydroxyl groups excluding tert-OH is 1. The smallest absolute Gasteiger partial charge is 0.0942 e. The molecule has 0 aliphatic rings. The van der Waals surface area contributed by atoms with Crippen LogP contribution in [0.5, 0.6) is 0 Å². The molecule has 2 nitrogen and oxygen atoms in total. The molecule has 3 atom stereocenters. The lowest BCUT2D eigenvalue weighted by Crippen LogP contribution is -2.44. The van der Waals surface area contributed by atoms with Crippen LogP contribution in [-0.2, 0) is 0 Å². The highest BCUT2D eigenvalue weighted by molar-refractivity contribution is 5.18. The van der Waals surface area contributed by atoms with Gasteiger partial charge in [0.2, 0.25) is 0 Å². The quantitative estimate of drug-likeness (QED) is 0.259. The molecule has 0 saturated heterocycles. The van der Waals surface area contributed by atoms with E-state index in [1.54, 1.807) is 0 Å². The number of hydrogen-bond donors (Lipinski definition) is 1. The summed E-state index contributed by atoms with van der Waals surface area (Å²) in [6.07, 6.45) is 14.9. The Morgan fingerprint density at radius 2 is 1.59 bits per heavy atom. The summed E-state index contributed by atoms with van der Waals surface area (Å²) in [7, 11) is 0. The lowest BCUT2D eigenvalue weighted by Gasteiger charge is -2.38. The van der Waals surface area contributed by atoms with Crippen molar-refractivity contribution in [2.75, 3.05) is 6.54 Å². The fourth-order valence-electron chi connectivity index (χ4n) is 3.86. The van der Waals surface area contributed by atoms with Crippen LogP contribution < -0.4 is 0 Å². The van der Waals surface area contributed by atoms with E-state index in [2.05, 4.69) is 31.9 Å². The average Bonchev–Trinajstić information content (AvgIpc) is 2.70. The Labute approximate surface area is 168 Å². The second-order valence-corrected chi connectivity index (χ2v) is 7.67. The van der Waals surface area contributed by atoms with Gasteiger partial charge in [0.1, 0.15) is 0 Å². The van der Waals surface area contributed by atoms with Gasteiger partial charge in [0.25, 0.3) is 0 Å². The van der Waals surface area contributed by atoms with E-state index in [9.17, 15) is 5.11 Å². The highest BCUT2D eigenvalue weighted by atomic mass is 16.3. The molecule has 0 saturated carbocycles. The monoisotopic (exact) mass is 371 g/mol. The second-order valence-electron chi connectivity index (χ2n) is 7.67. The van der Waals surface area contributed by atoms with E-state index in [1.807, 2.05) is 42.5 Å². The van der Waals surface area contributed by atoms with Crippen LogP contribution in [0.15, 0.2) is 55.6 Å². The van der Waals surface area contributed by atoms with Crippen molar-refractivity contribution >= 4 is 0 Å². The zero-order valence-corrected chi connectivity index (χ0v) is 17.7. The second kappa shape index (κ2) is 14.6. The molecule has 27 heavy (non-hydrogen) atoms. The van der Waals surface area contributed by atoms with Crippen molar-refractivity contribution in [3.05, 3.63) is 61.2 Å². The first kappa shape index (κ1) is 23.7. The van der Waals surface area contributed by atoms with Gasteiger partial charge in [-0.3, -0.25) is 4.90 Å². The summed E-state index contributed by atoms with van der Waals surface area (Å²) >= 11 is 0. The first-order chi connectivity index (χ1) is 13.2. The normalized spacial score (nSPS) is 14.7. The maximum Gasteiger partial charge on any atom is 0.0942 e. The van der Waals surface area contributed by atoms with Crippen molar-refractivity contribution in [1.29, 1.82) is 0 Å². The minimum Gasteiger partial charge on any atom is -0.387 e. The van der Waals surface area contributed by atoms with Crippen LogP contribution in [0.2, 0.25) is 0 Å². The standard InChI is InChI=1S/C25H41NO/c1-5-8-9-10-11-12-16-20-24(17-6-2)26(21-7-3)22(4)25(27)23-18-14-13-15-19-23/h6-7,13-15,18-19,22,24-25,27H,2-3,5,8-12,16-17,20-21H2,1,4H3/t22-,24-,25-/m0/s1. The zero-order chi connectivity index (χ0) is 19.9. The van der Waals surface area contributed by atoms with Crippen molar-refractivity contribution in [2.24, 2.45) is 0 Å². The van der Waals surface area contributed by atoms with E-state index < -0.39 is 6.10 Å². The molecule has 152 valence electrons. The minimum atomic E-state index is -0.493. The molecule has 0 bridgehead atoms. The predicted molar refractivity (Wildman–Crippen MR) is 119 cm³/mol. The van der Waals surface area contributed by atoms with Gasteiger partial charge < -0.3 is 5.11 Å². The topological polar surface area (TPSA) is 23.5 Å². The molecule has 1 aromatic rings. The van der Waals surface area contributed by atoms with Gasteiger partial charge in [-0.1, -0.05) is 94.4 Å². The van der Waals surface area contributed by atoms with Crippen molar-refractivity contribution in [2.45, 2.75) is 89.8 Å². The Balaban J connectivity index is 2.64. The number of aliphatic hydroxyl groups is 1. The summed E-state index contributed by atoms with van der Waals surface area (Å²) in [4.78, 5) is 2.41. The Morgan fingerprint density at radius 1 is 0.963 bits per heavy atom. The number of benzene rings is 1. The Bertz CT molecular complexity index is 498. The SMILES string of the molecule is C=CC[C@@H](CCCCCCCCC)N(CC=C)[C@@H](C)[C@H](O)c1ccccc1. The van der Waals surface area contributed by atoms with Crippen LogP contribution in [0.25, 0.3) is 0 Å². The highest BCUT2D eigenvalue weighted by Gasteiger charge is 2.27. The van der Waals surface area contributed by atoms with Gasteiger partial charge in [-0.25, -0.2) is 0 Å². The first-order valence-electron chi connectivity index (χ1n) is 10.9. The molecule has 0 aromatic heterocycles. The third-order valence-electron chi connectivity index (χ3n) is 5.51. The number of nitrogens with zero attached hydrogens (tertiary/aromatic N) is 1. The van der Waals surface area contributed by atoms with Gasteiger partial charge in [0.05, 0.1) is 6.10 Å². The van der Waals surface area contributed by atoms with Crippen LogP contribution >= 0.6 is 0 Å². The fraction of sp³-hybridized carbons (Fsp3) is 0.600. The molecule has 0 aliphatic heterocycles. The fourth-order valence-corrected chi connectivity index (χ4v) is 3.86. The van der Waals surface area contributed by atoms with Crippen molar-refractivity contribution in [3.63, 3.8) is 0 Å². The van der Waals surface area contributed by atoms with E-state index in [4.69, 9.17) is 0 Å². The first-order valence-corrected chi connectivity index (χ1v) is 10.9. The van der Waals surface area contributed by atoms with Gasteiger partial charge in [-0.2, -0.15) is 0 Å². The van der Waals surface area contributed by atoms with E-state index in [0.717, 1.165) is 24.9 Å². The molecule has 2 heteroatoms. The van der Waals surface area contributed by atoms with Crippen LogP contribution in [0.1, 0.15) is 83.3 Å². The summed E-state index contributed by atoms with van der Waals surface area (Å²) in [6.45, 7) is 13.1. The predicted octanol–water partition coefficient (Wildman–Crippen LogP) is 6.68. The maximum atomic E-state index is 10.9. The average molecular weight is 372 g/mol. The Morgan fingerprint density at radius 3 is 2.19 bits per heavy atom. The van der Waals surface area contributed by atoms with Gasteiger partial charge in [0, 0.05) is 18.6 Å². The summed E-state index contributed by atoms with van der Waals surface area (Å²) in [5.74, 6) is 0. The van der Waals surface area contributed by atoms with Gasteiger partial charge in [-0.05, 0) is 25.3 Å². The molecule has 0 spiro atoms. The van der Waals surface area contributed by atoms with Crippen LogP contribution in [0.4, 0.5) is 0 Å². The highest BCUT2D eigenvalue weighted by Crippen LogP contribution is 2.26. The number of unbranched alkanes of at least 4 members (excludes halogenated alkanes) is 6. The number of rotatable bonds is 16. The molecule has 0 heterocycles. The molecule has 0 aliphatic carbocycles. The van der Waals surface area contributed by atoms with Crippen LogP contribution in [0, 0.1) is 0 Å². The summed E-state index contributed by atoms with van der Waals surface area (Å²) in [5, 5.41) is 10.9. The third-order valence-corrected chi connectivity index (χ3v) is 5.51. The molecule has 1 rings (SSSR count). The summed E-state index contributed by atoms with van der Waals surface area (Å²) < 4.78 is 0. The van der Waals surface area contributed by atoms with E-state index >= 15 is 0 Å². The molecule has 0 radical (unpaired) electrons.